The number of aryl methyl sites for hydroxylation is 2. The number of esters is 1. The van der Waals surface area contributed by atoms with Gasteiger partial charge in [0.1, 0.15) is 18.1 Å². The van der Waals surface area contributed by atoms with Crippen molar-refractivity contribution in [1.82, 2.24) is 5.32 Å². The van der Waals surface area contributed by atoms with Crippen LogP contribution in [0, 0.1) is 13.8 Å². The van der Waals surface area contributed by atoms with Gasteiger partial charge in [-0.15, -0.1) is 0 Å². The van der Waals surface area contributed by atoms with Gasteiger partial charge in [0.05, 0.1) is 19.6 Å². The van der Waals surface area contributed by atoms with Gasteiger partial charge in [0.2, 0.25) is 0 Å². The molecule has 0 saturated carbocycles. The molecule has 27 heavy (non-hydrogen) atoms. The number of nitrogens with one attached hydrogen (secondary N) is 1. The van der Waals surface area contributed by atoms with Gasteiger partial charge in [0.15, 0.2) is 6.61 Å². The summed E-state index contributed by atoms with van der Waals surface area (Å²) in [6.07, 6.45) is 0.0814. The molecular weight excluding hydrogens is 346 g/mol. The maximum absolute atomic E-state index is 11.7. The lowest BCUT2D eigenvalue weighted by atomic mass is 10.2. The second-order valence-corrected chi connectivity index (χ2v) is 6.04. The maximum Gasteiger partial charge on any atom is 0.309 e. The first-order chi connectivity index (χ1) is 13.0. The van der Waals surface area contributed by atoms with Gasteiger partial charge in [-0.2, -0.15) is 0 Å². The molecule has 6 heteroatoms. The number of benzene rings is 2. The molecule has 0 radical (unpaired) electrons. The van der Waals surface area contributed by atoms with E-state index in [1.54, 1.807) is 0 Å². The topological polar surface area (TPSA) is 73.9 Å². The molecule has 0 spiro atoms. The second-order valence-electron chi connectivity index (χ2n) is 6.04. The van der Waals surface area contributed by atoms with E-state index < -0.39 is 5.97 Å². The summed E-state index contributed by atoms with van der Waals surface area (Å²) >= 11 is 0. The zero-order valence-corrected chi connectivity index (χ0v) is 15.7. The zero-order valence-electron chi connectivity index (χ0n) is 15.7. The molecule has 0 aliphatic heterocycles. The van der Waals surface area contributed by atoms with Crippen molar-refractivity contribution in [2.75, 3.05) is 26.4 Å². The summed E-state index contributed by atoms with van der Waals surface area (Å²) in [4.78, 5) is 23.3. The number of hydrogen-bond donors (Lipinski definition) is 1. The molecule has 1 N–H and O–H groups in total. The summed E-state index contributed by atoms with van der Waals surface area (Å²) in [7, 11) is 0. The molecule has 0 bridgehead atoms. The van der Waals surface area contributed by atoms with E-state index in [1.165, 1.54) is 0 Å². The van der Waals surface area contributed by atoms with Crippen LogP contribution in [0.25, 0.3) is 0 Å². The van der Waals surface area contributed by atoms with Crippen molar-refractivity contribution in [2.24, 2.45) is 0 Å². The first-order valence-corrected chi connectivity index (χ1v) is 8.85. The van der Waals surface area contributed by atoms with Crippen molar-refractivity contribution in [3.63, 3.8) is 0 Å². The minimum absolute atomic E-state index is 0.0814. The fourth-order valence-corrected chi connectivity index (χ4v) is 2.30. The van der Waals surface area contributed by atoms with Crippen LogP contribution in [0.5, 0.6) is 11.5 Å². The van der Waals surface area contributed by atoms with Gasteiger partial charge in [-0.1, -0.05) is 30.3 Å². The summed E-state index contributed by atoms with van der Waals surface area (Å²) in [6.45, 7) is 4.48. The van der Waals surface area contributed by atoms with Gasteiger partial charge in [-0.05, 0) is 43.2 Å². The normalized spacial score (nSPS) is 10.1. The summed E-state index contributed by atoms with van der Waals surface area (Å²) < 4.78 is 16.0. The van der Waals surface area contributed by atoms with Gasteiger partial charge in [0.25, 0.3) is 5.91 Å². The van der Waals surface area contributed by atoms with E-state index in [0.717, 1.165) is 22.6 Å². The Hall–Kier alpha value is -3.02. The van der Waals surface area contributed by atoms with Gasteiger partial charge < -0.3 is 19.5 Å². The van der Waals surface area contributed by atoms with Crippen LogP contribution in [0.4, 0.5) is 0 Å². The molecule has 2 rings (SSSR count). The third-order valence-corrected chi connectivity index (χ3v) is 3.70. The smallest absolute Gasteiger partial charge is 0.309 e. The van der Waals surface area contributed by atoms with Crippen molar-refractivity contribution in [2.45, 2.75) is 20.3 Å². The van der Waals surface area contributed by atoms with E-state index in [1.807, 2.05) is 62.4 Å². The van der Waals surface area contributed by atoms with Crippen LogP contribution < -0.4 is 14.8 Å². The summed E-state index contributed by atoms with van der Waals surface area (Å²) in [6, 6.07) is 15.2. The molecule has 0 aliphatic carbocycles. The fourth-order valence-electron chi connectivity index (χ4n) is 2.30. The standard InChI is InChI=1S/C21H25NO5/c1-16-6-5-8-18(14-16)25-13-11-22-20(23)15-27-21(24)10-12-26-19-9-4-3-7-17(19)2/h3-9,14H,10-13,15H2,1-2H3,(H,22,23). The van der Waals surface area contributed by atoms with Crippen molar-refractivity contribution in [3.05, 3.63) is 59.7 Å². The minimum Gasteiger partial charge on any atom is -0.493 e. The highest BCUT2D eigenvalue weighted by Crippen LogP contribution is 2.16. The lowest BCUT2D eigenvalue weighted by Crippen LogP contribution is -2.32. The molecular formula is C21H25NO5. The Morgan fingerprint density at radius 2 is 1.78 bits per heavy atom. The van der Waals surface area contributed by atoms with Crippen LogP contribution in [0.2, 0.25) is 0 Å². The molecule has 144 valence electrons. The van der Waals surface area contributed by atoms with Gasteiger partial charge in [0, 0.05) is 0 Å². The third-order valence-electron chi connectivity index (χ3n) is 3.70. The van der Waals surface area contributed by atoms with Crippen LogP contribution in [0.15, 0.2) is 48.5 Å². The molecule has 0 unspecified atom stereocenters. The number of para-hydroxylation sites is 1. The van der Waals surface area contributed by atoms with E-state index in [9.17, 15) is 9.59 Å². The number of amides is 1. The molecule has 0 atom stereocenters. The molecule has 0 heterocycles. The summed E-state index contributed by atoms with van der Waals surface area (Å²) in [5.74, 6) is 0.645. The Morgan fingerprint density at radius 1 is 0.963 bits per heavy atom. The minimum atomic E-state index is -0.477. The quantitative estimate of drug-likeness (QED) is 0.513. The van der Waals surface area contributed by atoms with Crippen molar-refractivity contribution in [1.29, 1.82) is 0 Å². The first kappa shape index (κ1) is 20.3. The largest absolute Gasteiger partial charge is 0.493 e. The first-order valence-electron chi connectivity index (χ1n) is 8.85. The molecule has 0 aliphatic rings. The predicted molar refractivity (Wildman–Crippen MR) is 102 cm³/mol. The second kappa shape index (κ2) is 10.9. The van der Waals surface area contributed by atoms with E-state index in [4.69, 9.17) is 14.2 Å². The number of hydrogen-bond acceptors (Lipinski definition) is 5. The number of ether oxygens (including phenoxy) is 3. The van der Waals surface area contributed by atoms with Crippen LogP contribution in [-0.4, -0.2) is 38.2 Å². The van der Waals surface area contributed by atoms with Crippen molar-refractivity contribution in [3.8, 4) is 11.5 Å². The molecule has 0 aromatic heterocycles. The predicted octanol–water partition coefficient (Wildman–Crippen LogP) is 2.81. The number of carbonyl (C=O) groups excluding carboxylic acids is 2. The molecule has 0 saturated heterocycles. The van der Waals surface area contributed by atoms with Crippen LogP contribution in [0.3, 0.4) is 0 Å². The zero-order chi connectivity index (χ0) is 19.5. The molecule has 0 fully saturated rings. The van der Waals surface area contributed by atoms with E-state index in [-0.39, 0.29) is 25.5 Å². The van der Waals surface area contributed by atoms with Gasteiger partial charge in [-0.25, -0.2) is 0 Å². The maximum atomic E-state index is 11.7. The monoisotopic (exact) mass is 371 g/mol. The Kier molecular flexibility index (Phi) is 8.16. The Morgan fingerprint density at radius 3 is 2.56 bits per heavy atom. The lowest BCUT2D eigenvalue weighted by Gasteiger charge is -2.10. The van der Waals surface area contributed by atoms with Gasteiger partial charge >= 0.3 is 5.97 Å². The fraction of sp³-hybridized carbons (Fsp3) is 0.333. The Labute approximate surface area is 159 Å². The van der Waals surface area contributed by atoms with E-state index in [2.05, 4.69) is 5.32 Å². The Bertz CT molecular complexity index is 760. The molecule has 1 amide bonds. The van der Waals surface area contributed by atoms with E-state index in [0.29, 0.717) is 13.2 Å². The molecule has 6 nitrogen and oxygen atoms in total. The average molecular weight is 371 g/mol. The number of carbonyl (C=O) groups is 2. The molecule has 2 aromatic rings. The highest BCUT2D eigenvalue weighted by Gasteiger charge is 2.08. The van der Waals surface area contributed by atoms with Crippen molar-refractivity contribution < 1.29 is 23.8 Å². The van der Waals surface area contributed by atoms with Crippen molar-refractivity contribution >= 4 is 11.9 Å². The molecule has 2 aromatic carbocycles. The average Bonchev–Trinajstić information content (AvgIpc) is 2.65. The summed E-state index contributed by atoms with van der Waals surface area (Å²) in [5.41, 5.74) is 2.10. The number of rotatable bonds is 10. The summed E-state index contributed by atoms with van der Waals surface area (Å²) in [5, 5.41) is 2.64. The highest BCUT2D eigenvalue weighted by atomic mass is 16.5. The van der Waals surface area contributed by atoms with Crippen LogP contribution in [-0.2, 0) is 14.3 Å². The SMILES string of the molecule is Cc1cccc(OCCNC(=O)COC(=O)CCOc2ccccc2C)c1. The van der Waals surface area contributed by atoms with Gasteiger partial charge in [-0.3, -0.25) is 9.59 Å². The van der Waals surface area contributed by atoms with E-state index >= 15 is 0 Å². The highest BCUT2D eigenvalue weighted by molar-refractivity contribution is 5.80. The van der Waals surface area contributed by atoms with Crippen LogP contribution in [0.1, 0.15) is 17.5 Å². The Balaban J connectivity index is 1.54. The lowest BCUT2D eigenvalue weighted by molar-refractivity contribution is -0.149. The van der Waals surface area contributed by atoms with Crippen LogP contribution >= 0.6 is 0 Å². The third kappa shape index (κ3) is 7.81.